The number of likely N-dealkylation sites (N-methyl/N-ethyl adjacent to an activating group) is 1. The molecule has 0 aromatic carbocycles. The first kappa shape index (κ1) is 10.1. The molecule has 0 unspecified atom stereocenters. The Kier molecular flexibility index (Phi) is 3.70. The minimum atomic E-state index is -1.16. The lowest BCUT2D eigenvalue weighted by molar-refractivity contribution is -0.146. The molecule has 11 heavy (non-hydrogen) atoms. The first-order chi connectivity index (χ1) is 5.00. The summed E-state index contributed by atoms with van der Waals surface area (Å²) in [5.41, 5.74) is 5.01. The summed E-state index contributed by atoms with van der Waals surface area (Å²) in [6, 6.07) is -1.11. The summed E-state index contributed by atoms with van der Waals surface area (Å²) in [4.78, 5) is 22.6. The van der Waals surface area contributed by atoms with Crippen LogP contribution in [0.15, 0.2) is 0 Å². The van der Waals surface area contributed by atoms with Crippen molar-refractivity contribution in [3.05, 3.63) is 0 Å². The van der Waals surface area contributed by atoms with Gasteiger partial charge >= 0.3 is 5.97 Å². The van der Waals surface area contributed by atoms with Crippen LogP contribution in [-0.2, 0) is 9.59 Å². The van der Waals surface area contributed by atoms with Crippen molar-refractivity contribution in [3.63, 3.8) is 0 Å². The summed E-state index contributed by atoms with van der Waals surface area (Å²) >= 11 is 0. The van der Waals surface area contributed by atoms with Crippen LogP contribution in [-0.4, -0.2) is 48.4 Å². The Bertz CT molecular complexity index is 167. The van der Waals surface area contributed by atoms with Gasteiger partial charge < -0.3 is 10.8 Å². The number of carboxylic acids is 1. The second-order valence-corrected chi connectivity index (χ2v) is 2.37. The monoisotopic (exact) mass is 160 g/mol. The largest absolute Gasteiger partial charge is 0.480 e. The maximum Gasteiger partial charge on any atom is 0.328 e. The number of nitrogens with two attached hydrogens (primary N) is 1. The van der Waals surface area contributed by atoms with Gasteiger partial charge in [0.15, 0.2) is 11.8 Å². The van der Waals surface area contributed by atoms with Gasteiger partial charge in [0.2, 0.25) is 0 Å². The van der Waals surface area contributed by atoms with E-state index in [1.807, 2.05) is 0 Å². The maximum absolute atomic E-state index is 10.8. The van der Waals surface area contributed by atoms with Gasteiger partial charge in [-0.25, -0.2) is 0 Å². The molecule has 0 saturated heterocycles. The Hall–Kier alpha value is -0.940. The van der Waals surface area contributed by atoms with Gasteiger partial charge in [-0.05, 0) is 14.1 Å². The number of hydrogen-bond donors (Lipinski definition) is 2. The van der Waals surface area contributed by atoms with E-state index in [2.05, 4.69) is 0 Å². The molecular formula is C6H12N2O3. The highest BCUT2D eigenvalue weighted by molar-refractivity contribution is 6.03. The van der Waals surface area contributed by atoms with E-state index >= 15 is 0 Å². The van der Waals surface area contributed by atoms with Crippen LogP contribution in [0.1, 0.15) is 0 Å². The van der Waals surface area contributed by atoms with Crippen LogP contribution >= 0.6 is 0 Å². The van der Waals surface area contributed by atoms with Crippen molar-refractivity contribution in [3.8, 4) is 0 Å². The van der Waals surface area contributed by atoms with Gasteiger partial charge in [0.05, 0.1) is 6.54 Å². The van der Waals surface area contributed by atoms with E-state index in [9.17, 15) is 9.59 Å². The van der Waals surface area contributed by atoms with Gasteiger partial charge in [0, 0.05) is 0 Å². The molecule has 0 radical (unpaired) electrons. The van der Waals surface area contributed by atoms with E-state index in [4.69, 9.17) is 10.8 Å². The molecule has 0 aliphatic heterocycles. The predicted octanol–water partition coefficient (Wildman–Crippen LogP) is -1.47. The Morgan fingerprint density at radius 2 is 2.00 bits per heavy atom. The summed E-state index contributed by atoms with van der Waals surface area (Å²) < 4.78 is 0. The Labute approximate surface area is 64.8 Å². The van der Waals surface area contributed by atoms with E-state index < -0.39 is 17.8 Å². The van der Waals surface area contributed by atoms with Crippen LogP contribution in [0.4, 0.5) is 0 Å². The quantitative estimate of drug-likeness (QED) is 0.490. The number of aliphatic carboxylic acids is 1. The average molecular weight is 160 g/mol. The standard InChI is InChI=1S/C6H12N2O3/c1-8(2)5(6(10)11)4(9)3-7/h5H,3,7H2,1-2H3,(H,10,11)/t5-/m0/s1. The molecule has 0 aromatic rings. The highest BCUT2D eigenvalue weighted by Crippen LogP contribution is 1.93. The lowest BCUT2D eigenvalue weighted by atomic mass is 10.2. The third kappa shape index (κ3) is 2.65. The number of carbonyl (C=O) groups excluding carboxylic acids is 1. The molecule has 0 amide bonds. The van der Waals surface area contributed by atoms with Crippen LogP contribution in [0, 0.1) is 0 Å². The van der Waals surface area contributed by atoms with Gasteiger partial charge in [-0.15, -0.1) is 0 Å². The van der Waals surface area contributed by atoms with Crippen LogP contribution < -0.4 is 5.73 Å². The number of Topliss-reactive ketones (excluding diaryl/α,β-unsaturated/α-hetero) is 1. The zero-order valence-electron chi connectivity index (χ0n) is 6.57. The van der Waals surface area contributed by atoms with Gasteiger partial charge in [0.1, 0.15) is 0 Å². The summed E-state index contributed by atoms with van der Waals surface area (Å²) in [5, 5.41) is 8.53. The average Bonchev–Trinajstić information content (AvgIpc) is 1.85. The molecule has 0 aliphatic rings. The second-order valence-electron chi connectivity index (χ2n) is 2.37. The van der Waals surface area contributed by atoms with Crippen molar-refractivity contribution in [1.82, 2.24) is 4.90 Å². The van der Waals surface area contributed by atoms with Crippen LogP contribution in [0.3, 0.4) is 0 Å². The lowest BCUT2D eigenvalue weighted by Gasteiger charge is -2.17. The SMILES string of the molecule is CN(C)[C@H](C(=O)O)C(=O)CN. The Morgan fingerprint density at radius 3 is 2.09 bits per heavy atom. The first-order valence-corrected chi connectivity index (χ1v) is 3.12. The van der Waals surface area contributed by atoms with Gasteiger partial charge in [-0.3, -0.25) is 14.5 Å². The molecule has 0 aliphatic carbocycles. The minimum Gasteiger partial charge on any atom is -0.480 e. The summed E-state index contributed by atoms with van der Waals surface area (Å²) in [5.74, 6) is -1.65. The molecule has 0 bridgehead atoms. The van der Waals surface area contributed by atoms with Gasteiger partial charge in [0.25, 0.3) is 0 Å². The van der Waals surface area contributed by atoms with Crippen molar-refractivity contribution < 1.29 is 14.7 Å². The first-order valence-electron chi connectivity index (χ1n) is 3.12. The lowest BCUT2D eigenvalue weighted by Crippen LogP contribution is -2.45. The molecule has 3 N–H and O–H groups in total. The highest BCUT2D eigenvalue weighted by Gasteiger charge is 2.26. The molecule has 0 rings (SSSR count). The third-order valence-electron chi connectivity index (χ3n) is 1.26. The van der Waals surface area contributed by atoms with Gasteiger partial charge in [-0.2, -0.15) is 0 Å². The van der Waals surface area contributed by atoms with Crippen molar-refractivity contribution in [2.75, 3.05) is 20.6 Å². The zero-order valence-corrected chi connectivity index (χ0v) is 6.57. The fraction of sp³-hybridized carbons (Fsp3) is 0.667. The molecule has 64 valence electrons. The summed E-state index contributed by atoms with van der Waals surface area (Å²) in [7, 11) is 3.04. The van der Waals surface area contributed by atoms with E-state index in [0.717, 1.165) is 0 Å². The Morgan fingerprint density at radius 1 is 1.55 bits per heavy atom. The van der Waals surface area contributed by atoms with E-state index in [0.29, 0.717) is 0 Å². The summed E-state index contributed by atoms with van der Waals surface area (Å²) in [6.07, 6.45) is 0. The van der Waals surface area contributed by atoms with E-state index in [-0.39, 0.29) is 6.54 Å². The number of carboxylic acid groups (broad SMARTS) is 1. The number of nitrogens with zero attached hydrogens (tertiary/aromatic N) is 1. The number of ketones is 1. The number of rotatable bonds is 4. The van der Waals surface area contributed by atoms with E-state index in [1.165, 1.54) is 19.0 Å². The smallest absolute Gasteiger partial charge is 0.328 e. The molecule has 0 fully saturated rings. The fourth-order valence-corrected chi connectivity index (χ4v) is 0.758. The molecule has 0 aromatic heterocycles. The number of carbonyl (C=O) groups is 2. The Balaban J connectivity index is 4.34. The molecule has 5 heteroatoms. The predicted molar refractivity (Wildman–Crippen MR) is 39.2 cm³/mol. The highest BCUT2D eigenvalue weighted by atomic mass is 16.4. The number of hydrogen-bond acceptors (Lipinski definition) is 4. The van der Waals surface area contributed by atoms with Crippen LogP contribution in [0.25, 0.3) is 0 Å². The molecule has 0 saturated carbocycles. The molecular weight excluding hydrogens is 148 g/mol. The molecule has 0 spiro atoms. The minimum absolute atomic E-state index is 0.241. The second kappa shape index (κ2) is 4.05. The van der Waals surface area contributed by atoms with Gasteiger partial charge in [-0.1, -0.05) is 0 Å². The molecule has 1 atom stereocenters. The molecule has 0 heterocycles. The molecule has 5 nitrogen and oxygen atoms in total. The third-order valence-corrected chi connectivity index (χ3v) is 1.26. The van der Waals surface area contributed by atoms with Crippen molar-refractivity contribution in [2.24, 2.45) is 5.73 Å². The van der Waals surface area contributed by atoms with Crippen LogP contribution in [0.2, 0.25) is 0 Å². The zero-order chi connectivity index (χ0) is 9.02. The van der Waals surface area contributed by atoms with Crippen LogP contribution in [0.5, 0.6) is 0 Å². The van der Waals surface area contributed by atoms with Crippen molar-refractivity contribution in [1.29, 1.82) is 0 Å². The van der Waals surface area contributed by atoms with Crippen molar-refractivity contribution in [2.45, 2.75) is 6.04 Å². The van der Waals surface area contributed by atoms with E-state index in [1.54, 1.807) is 0 Å². The van der Waals surface area contributed by atoms with Crippen molar-refractivity contribution >= 4 is 11.8 Å². The topological polar surface area (TPSA) is 83.6 Å². The maximum atomic E-state index is 10.8. The fourth-order valence-electron chi connectivity index (χ4n) is 0.758. The summed E-state index contributed by atoms with van der Waals surface area (Å²) in [6.45, 7) is -0.241. The normalized spacial score (nSPS) is 13.1.